The summed E-state index contributed by atoms with van der Waals surface area (Å²) in [6, 6.07) is 3.94. The van der Waals surface area contributed by atoms with Crippen molar-refractivity contribution in [3.63, 3.8) is 0 Å². The summed E-state index contributed by atoms with van der Waals surface area (Å²) >= 11 is 0. The molecule has 0 bridgehead atoms. The first kappa shape index (κ1) is 14.4. The monoisotopic (exact) mass is 250 g/mol. The first-order valence-corrected chi connectivity index (χ1v) is 6.08. The predicted octanol–water partition coefficient (Wildman–Crippen LogP) is 3.47. The van der Waals surface area contributed by atoms with Crippen LogP contribution in [0.4, 0.5) is 0 Å². The molecule has 18 heavy (non-hydrogen) atoms. The zero-order valence-electron chi connectivity index (χ0n) is 11.8. The summed E-state index contributed by atoms with van der Waals surface area (Å²) in [6.45, 7) is 4.21. The highest BCUT2D eigenvalue weighted by molar-refractivity contribution is 5.55. The summed E-state index contributed by atoms with van der Waals surface area (Å²) in [5.41, 5.74) is 1.13. The van der Waals surface area contributed by atoms with Crippen LogP contribution < -0.4 is 14.2 Å². The number of hydrogen-bond acceptors (Lipinski definition) is 3. The van der Waals surface area contributed by atoms with Crippen molar-refractivity contribution in [2.45, 2.75) is 20.3 Å². The van der Waals surface area contributed by atoms with Gasteiger partial charge in [0.15, 0.2) is 11.5 Å². The van der Waals surface area contributed by atoms with Crippen molar-refractivity contribution >= 4 is 0 Å². The molecule has 0 saturated carbocycles. The van der Waals surface area contributed by atoms with E-state index in [4.69, 9.17) is 14.2 Å². The van der Waals surface area contributed by atoms with Crippen LogP contribution >= 0.6 is 0 Å². The Balaban J connectivity index is 3.12. The summed E-state index contributed by atoms with van der Waals surface area (Å²) in [7, 11) is 4.90. The van der Waals surface area contributed by atoms with E-state index in [-0.39, 0.29) is 0 Å². The van der Waals surface area contributed by atoms with Crippen LogP contribution in [-0.2, 0) is 6.42 Å². The molecule has 0 saturated heterocycles. The van der Waals surface area contributed by atoms with E-state index < -0.39 is 0 Å². The van der Waals surface area contributed by atoms with E-state index in [2.05, 4.69) is 19.1 Å². The summed E-state index contributed by atoms with van der Waals surface area (Å²) in [5, 5.41) is 0. The molecule has 0 amide bonds. The largest absolute Gasteiger partial charge is 0.493 e. The molecule has 0 aliphatic heterocycles. The smallest absolute Gasteiger partial charge is 0.203 e. The first-order valence-electron chi connectivity index (χ1n) is 6.08. The van der Waals surface area contributed by atoms with Crippen LogP contribution in [0, 0.1) is 5.92 Å². The van der Waals surface area contributed by atoms with Gasteiger partial charge >= 0.3 is 0 Å². The van der Waals surface area contributed by atoms with Crippen molar-refractivity contribution in [2.24, 2.45) is 5.92 Å². The standard InChI is InChI=1S/C15H22O3/c1-6-7-11(2)10-12-8-9-13(16-3)15(18-5)14(12)17-4/h6-9,11H,10H2,1-5H3/b7-6-. The van der Waals surface area contributed by atoms with Gasteiger partial charge in [-0.1, -0.05) is 25.1 Å². The minimum Gasteiger partial charge on any atom is -0.493 e. The number of benzene rings is 1. The second-order valence-electron chi connectivity index (χ2n) is 4.20. The summed E-state index contributed by atoms with van der Waals surface area (Å²) in [5.74, 6) is 2.57. The summed E-state index contributed by atoms with van der Waals surface area (Å²) in [6.07, 6.45) is 5.15. The molecule has 1 aromatic carbocycles. The highest BCUT2D eigenvalue weighted by atomic mass is 16.5. The molecule has 0 aliphatic carbocycles. The van der Waals surface area contributed by atoms with E-state index in [0.29, 0.717) is 17.4 Å². The highest BCUT2D eigenvalue weighted by Crippen LogP contribution is 2.40. The van der Waals surface area contributed by atoms with E-state index in [1.54, 1.807) is 21.3 Å². The van der Waals surface area contributed by atoms with E-state index in [0.717, 1.165) is 17.7 Å². The fraction of sp³-hybridized carbons (Fsp3) is 0.467. The molecule has 0 aliphatic rings. The van der Waals surface area contributed by atoms with Crippen LogP contribution in [0.25, 0.3) is 0 Å². The van der Waals surface area contributed by atoms with Crippen molar-refractivity contribution in [2.75, 3.05) is 21.3 Å². The average molecular weight is 250 g/mol. The van der Waals surface area contributed by atoms with Crippen molar-refractivity contribution in [3.8, 4) is 17.2 Å². The maximum atomic E-state index is 5.46. The lowest BCUT2D eigenvalue weighted by atomic mass is 9.99. The Bertz CT molecular complexity index is 410. The first-order chi connectivity index (χ1) is 8.67. The van der Waals surface area contributed by atoms with Gasteiger partial charge in [-0.05, 0) is 30.9 Å². The normalized spacial score (nSPS) is 12.5. The Morgan fingerprint density at radius 2 is 1.72 bits per heavy atom. The molecule has 1 unspecified atom stereocenters. The lowest BCUT2D eigenvalue weighted by Crippen LogP contribution is -2.02. The van der Waals surface area contributed by atoms with Crippen molar-refractivity contribution in [1.29, 1.82) is 0 Å². The predicted molar refractivity (Wildman–Crippen MR) is 73.8 cm³/mol. The molecule has 0 N–H and O–H groups in total. The third-order valence-electron chi connectivity index (χ3n) is 2.85. The van der Waals surface area contributed by atoms with Gasteiger partial charge < -0.3 is 14.2 Å². The minimum absolute atomic E-state index is 0.460. The highest BCUT2D eigenvalue weighted by Gasteiger charge is 2.16. The molecular formula is C15H22O3. The molecule has 0 spiro atoms. The SMILES string of the molecule is C/C=C\C(C)Cc1ccc(OC)c(OC)c1OC. The Kier molecular flexibility index (Phi) is 5.56. The van der Waals surface area contributed by atoms with Crippen LogP contribution in [-0.4, -0.2) is 21.3 Å². The van der Waals surface area contributed by atoms with Gasteiger partial charge in [-0.25, -0.2) is 0 Å². The second-order valence-corrected chi connectivity index (χ2v) is 4.20. The molecule has 1 aromatic rings. The molecule has 1 atom stereocenters. The van der Waals surface area contributed by atoms with Gasteiger partial charge in [0.2, 0.25) is 5.75 Å². The third kappa shape index (κ3) is 3.19. The minimum atomic E-state index is 0.460. The lowest BCUT2D eigenvalue weighted by Gasteiger charge is -2.17. The van der Waals surface area contributed by atoms with E-state index in [9.17, 15) is 0 Å². The van der Waals surface area contributed by atoms with Crippen molar-refractivity contribution in [3.05, 3.63) is 29.8 Å². The topological polar surface area (TPSA) is 27.7 Å². The second kappa shape index (κ2) is 6.94. The molecule has 0 fully saturated rings. The summed E-state index contributed by atoms with van der Waals surface area (Å²) < 4.78 is 16.1. The number of rotatable bonds is 6. The Labute approximate surface area is 109 Å². The molecule has 0 heterocycles. The molecule has 3 nitrogen and oxygen atoms in total. The molecular weight excluding hydrogens is 228 g/mol. The quantitative estimate of drug-likeness (QED) is 0.724. The van der Waals surface area contributed by atoms with Gasteiger partial charge in [-0.15, -0.1) is 0 Å². The van der Waals surface area contributed by atoms with Crippen LogP contribution in [0.2, 0.25) is 0 Å². The zero-order valence-corrected chi connectivity index (χ0v) is 11.8. The van der Waals surface area contributed by atoms with Crippen LogP contribution in [0.15, 0.2) is 24.3 Å². The van der Waals surface area contributed by atoms with Crippen LogP contribution in [0.3, 0.4) is 0 Å². The number of allylic oxidation sites excluding steroid dienone is 2. The molecule has 100 valence electrons. The van der Waals surface area contributed by atoms with Gasteiger partial charge in [0, 0.05) is 0 Å². The van der Waals surface area contributed by atoms with Crippen LogP contribution in [0.1, 0.15) is 19.4 Å². The Hall–Kier alpha value is -1.64. The van der Waals surface area contributed by atoms with E-state index in [1.165, 1.54) is 0 Å². The van der Waals surface area contributed by atoms with Gasteiger partial charge in [0.1, 0.15) is 0 Å². The third-order valence-corrected chi connectivity index (χ3v) is 2.85. The lowest BCUT2D eigenvalue weighted by molar-refractivity contribution is 0.321. The maximum Gasteiger partial charge on any atom is 0.203 e. The zero-order chi connectivity index (χ0) is 13.5. The van der Waals surface area contributed by atoms with Gasteiger partial charge in [-0.2, -0.15) is 0 Å². The van der Waals surface area contributed by atoms with Gasteiger partial charge in [-0.3, -0.25) is 0 Å². The number of ether oxygens (including phenoxy) is 3. The van der Waals surface area contributed by atoms with Crippen molar-refractivity contribution < 1.29 is 14.2 Å². The number of hydrogen-bond donors (Lipinski definition) is 0. The molecule has 0 aromatic heterocycles. The molecule has 1 rings (SSSR count). The molecule has 0 radical (unpaired) electrons. The van der Waals surface area contributed by atoms with Crippen molar-refractivity contribution in [1.82, 2.24) is 0 Å². The van der Waals surface area contributed by atoms with E-state index >= 15 is 0 Å². The average Bonchev–Trinajstić information content (AvgIpc) is 2.38. The molecule has 3 heteroatoms. The fourth-order valence-corrected chi connectivity index (χ4v) is 2.07. The fourth-order valence-electron chi connectivity index (χ4n) is 2.07. The Morgan fingerprint density at radius 3 is 2.22 bits per heavy atom. The van der Waals surface area contributed by atoms with E-state index in [1.807, 2.05) is 19.1 Å². The van der Waals surface area contributed by atoms with Gasteiger partial charge in [0.25, 0.3) is 0 Å². The maximum absolute atomic E-state index is 5.46. The van der Waals surface area contributed by atoms with Crippen LogP contribution in [0.5, 0.6) is 17.2 Å². The Morgan fingerprint density at radius 1 is 1.06 bits per heavy atom. The van der Waals surface area contributed by atoms with Gasteiger partial charge in [0.05, 0.1) is 21.3 Å². The number of methoxy groups -OCH3 is 3. The summed E-state index contributed by atoms with van der Waals surface area (Å²) in [4.78, 5) is 0.